The van der Waals surface area contributed by atoms with E-state index in [4.69, 9.17) is 0 Å². The van der Waals surface area contributed by atoms with Crippen LogP contribution in [0.15, 0.2) is 22.5 Å². The number of rotatable bonds is 6. The zero-order chi connectivity index (χ0) is 14.4. The number of aliphatic hydroxyl groups is 1. The molecular formula is C15H25N3OS. The summed E-state index contributed by atoms with van der Waals surface area (Å²) in [5.74, 6) is 0.893. The predicted octanol–water partition coefficient (Wildman–Crippen LogP) is 2.10. The minimum Gasteiger partial charge on any atom is -0.388 e. The van der Waals surface area contributed by atoms with Crippen LogP contribution >= 0.6 is 11.3 Å². The number of aliphatic imine (C=N–C) groups is 1. The monoisotopic (exact) mass is 295 g/mol. The molecule has 2 rings (SSSR count). The summed E-state index contributed by atoms with van der Waals surface area (Å²) in [6.45, 7) is 4.37. The highest BCUT2D eigenvalue weighted by Crippen LogP contribution is 2.31. The maximum atomic E-state index is 10.1. The van der Waals surface area contributed by atoms with E-state index in [1.165, 1.54) is 4.88 Å². The zero-order valence-corrected chi connectivity index (χ0v) is 13.2. The van der Waals surface area contributed by atoms with Gasteiger partial charge in [0.05, 0.1) is 12.1 Å². The smallest absolute Gasteiger partial charge is 0.193 e. The molecule has 112 valence electrons. The summed E-state index contributed by atoms with van der Waals surface area (Å²) < 4.78 is 0. The lowest BCUT2D eigenvalue weighted by atomic mass is 9.80. The van der Waals surface area contributed by atoms with Crippen LogP contribution in [0.3, 0.4) is 0 Å². The number of nitrogens with zero attached hydrogens (tertiary/aromatic N) is 2. The van der Waals surface area contributed by atoms with E-state index >= 15 is 0 Å². The molecule has 4 nitrogen and oxygen atoms in total. The van der Waals surface area contributed by atoms with Gasteiger partial charge >= 0.3 is 0 Å². The lowest BCUT2D eigenvalue weighted by Crippen LogP contribution is -2.44. The van der Waals surface area contributed by atoms with E-state index in [1.54, 1.807) is 11.3 Å². The van der Waals surface area contributed by atoms with Crippen LogP contribution in [0, 0.1) is 0 Å². The Labute approximate surface area is 125 Å². The standard InChI is InChI=1S/C15H25N3OS/c1-3-16-14(17-12-15(19)8-5-9-15)18(2)10-7-13-6-4-11-20-13/h4,6,11,19H,3,5,7-10,12H2,1-2H3,(H,16,17). The molecule has 0 aromatic carbocycles. The van der Waals surface area contributed by atoms with Gasteiger partial charge in [0.25, 0.3) is 0 Å². The van der Waals surface area contributed by atoms with Crippen molar-refractivity contribution in [3.63, 3.8) is 0 Å². The fourth-order valence-corrected chi connectivity index (χ4v) is 2.97. The van der Waals surface area contributed by atoms with Crippen LogP contribution in [0.1, 0.15) is 31.1 Å². The SMILES string of the molecule is CCNC(=NCC1(O)CCC1)N(C)CCc1cccs1. The van der Waals surface area contributed by atoms with Crippen LogP contribution in [0.4, 0.5) is 0 Å². The van der Waals surface area contributed by atoms with E-state index in [1.807, 2.05) is 0 Å². The van der Waals surface area contributed by atoms with Crippen molar-refractivity contribution in [1.29, 1.82) is 0 Å². The summed E-state index contributed by atoms with van der Waals surface area (Å²) in [6, 6.07) is 4.26. The van der Waals surface area contributed by atoms with Gasteiger partial charge in [-0.05, 0) is 44.1 Å². The molecule has 1 aliphatic rings. The molecule has 0 amide bonds. The molecule has 5 heteroatoms. The Bertz CT molecular complexity index is 426. The molecule has 0 bridgehead atoms. The van der Waals surface area contributed by atoms with Crippen LogP contribution in [0.25, 0.3) is 0 Å². The second-order valence-electron chi connectivity index (χ2n) is 5.50. The van der Waals surface area contributed by atoms with Gasteiger partial charge < -0.3 is 15.3 Å². The van der Waals surface area contributed by atoms with Crippen molar-refractivity contribution < 1.29 is 5.11 Å². The van der Waals surface area contributed by atoms with Crippen molar-refractivity contribution in [3.05, 3.63) is 22.4 Å². The van der Waals surface area contributed by atoms with Crippen LogP contribution in [0.5, 0.6) is 0 Å². The van der Waals surface area contributed by atoms with Gasteiger partial charge in [-0.1, -0.05) is 6.07 Å². The van der Waals surface area contributed by atoms with Gasteiger partial charge in [-0.3, -0.25) is 4.99 Å². The lowest BCUT2D eigenvalue weighted by Gasteiger charge is -2.35. The van der Waals surface area contributed by atoms with E-state index in [0.29, 0.717) is 6.54 Å². The summed E-state index contributed by atoms with van der Waals surface area (Å²) in [4.78, 5) is 8.13. The number of hydrogen-bond donors (Lipinski definition) is 2. The fourth-order valence-electron chi connectivity index (χ4n) is 2.27. The number of nitrogens with one attached hydrogen (secondary N) is 1. The van der Waals surface area contributed by atoms with E-state index in [9.17, 15) is 5.11 Å². The minimum absolute atomic E-state index is 0.513. The first-order valence-corrected chi connectivity index (χ1v) is 8.25. The molecule has 1 fully saturated rings. The maximum absolute atomic E-state index is 10.1. The van der Waals surface area contributed by atoms with Gasteiger partial charge in [0, 0.05) is 25.0 Å². The third-order valence-electron chi connectivity index (χ3n) is 3.78. The molecule has 0 unspecified atom stereocenters. The highest BCUT2D eigenvalue weighted by Gasteiger charge is 2.34. The van der Waals surface area contributed by atoms with Crippen LogP contribution in [-0.4, -0.2) is 48.2 Å². The van der Waals surface area contributed by atoms with Gasteiger partial charge in [-0.25, -0.2) is 0 Å². The van der Waals surface area contributed by atoms with Gasteiger partial charge in [-0.15, -0.1) is 11.3 Å². The molecule has 1 heterocycles. The Balaban J connectivity index is 1.87. The molecule has 0 spiro atoms. The second kappa shape index (κ2) is 7.09. The summed E-state index contributed by atoms with van der Waals surface area (Å²) in [5.41, 5.74) is -0.546. The topological polar surface area (TPSA) is 47.9 Å². The molecule has 0 saturated heterocycles. The van der Waals surface area contributed by atoms with Crippen molar-refractivity contribution in [2.75, 3.05) is 26.7 Å². The van der Waals surface area contributed by atoms with Crippen molar-refractivity contribution in [2.24, 2.45) is 4.99 Å². The largest absolute Gasteiger partial charge is 0.388 e. The van der Waals surface area contributed by atoms with Crippen molar-refractivity contribution >= 4 is 17.3 Å². The average Bonchev–Trinajstić information content (AvgIpc) is 2.92. The molecule has 0 radical (unpaired) electrons. The second-order valence-corrected chi connectivity index (χ2v) is 6.53. The molecule has 1 aliphatic carbocycles. The molecule has 20 heavy (non-hydrogen) atoms. The Morgan fingerprint density at radius 3 is 2.90 bits per heavy atom. The Morgan fingerprint density at radius 1 is 1.55 bits per heavy atom. The van der Waals surface area contributed by atoms with Gasteiger partial charge in [0.15, 0.2) is 5.96 Å². The Kier molecular flexibility index (Phi) is 5.43. The molecule has 0 aliphatic heterocycles. The van der Waals surface area contributed by atoms with Crippen molar-refractivity contribution in [2.45, 2.75) is 38.2 Å². The first-order valence-electron chi connectivity index (χ1n) is 7.37. The maximum Gasteiger partial charge on any atom is 0.193 e. The Hall–Kier alpha value is -1.07. The summed E-state index contributed by atoms with van der Waals surface area (Å²) in [6.07, 6.45) is 3.92. The van der Waals surface area contributed by atoms with Gasteiger partial charge in [-0.2, -0.15) is 0 Å². The normalized spacial score (nSPS) is 17.6. The van der Waals surface area contributed by atoms with Gasteiger partial charge in [0.2, 0.25) is 0 Å². The number of likely N-dealkylation sites (N-methyl/N-ethyl adjacent to an activating group) is 1. The quantitative estimate of drug-likeness (QED) is 0.624. The Morgan fingerprint density at radius 2 is 2.35 bits per heavy atom. The highest BCUT2D eigenvalue weighted by atomic mass is 32.1. The fraction of sp³-hybridized carbons (Fsp3) is 0.667. The number of thiophene rings is 1. The van der Waals surface area contributed by atoms with Crippen molar-refractivity contribution in [3.8, 4) is 0 Å². The van der Waals surface area contributed by atoms with E-state index in [0.717, 1.165) is 44.7 Å². The third-order valence-corrected chi connectivity index (χ3v) is 4.71. The molecule has 1 saturated carbocycles. The summed E-state index contributed by atoms with van der Waals surface area (Å²) >= 11 is 1.79. The van der Waals surface area contributed by atoms with E-state index < -0.39 is 5.60 Å². The number of guanidine groups is 1. The van der Waals surface area contributed by atoms with Crippen molar-refractivity contribution in [1.82, 2.24) is 10.2 Å². The van der Waals surface area contributed by atoms with Crippen LogP contribution < -0.4 is 5.32 Å². The highest BCUT2D eigenvalue weighted by molar-refractivity contribution is 7.09. The lowest BCUT2D eigenvalue weighted by molar-refractivity contribution is -0.0237. The van der Waals surface area contributed by atoms with E-state index in [-0.39, 0.29) is 0 Å². The molecule has 1 aromatic rings. The van der Waals surface area contributed by atoms with Crippen LogP contribution in [-0.2, 0) is 6.42 Å². The summed E-state index contributed by atoms with van der Waals surface area (Å²) in [7, 11) is 2.06. The molecule has 2 N–H and O–H groups in total. The van der Waals surface area contributed by atoms with E-state index in [2.05, 4.69) is 46.7 Å². The predicted molar refractivity (Wildman–Crippen MR) is 85.4 cm³/mol. The number of hydrogen-bond acceptors (Lipinski definition) is 3. The molecular weight excluding hydrogens is 270 g/mol. The first kappa shape index (κ1) is 15.3. The van der Waals surface area contributed by atoms with Gasteiger partial charge in [0.1, 0.15) is 0 Å². The summed E-state index contributed by atoms with van der Waals surface area (Å²) in [5, 5.41) is 15.6. The zero-order valence-electron chi connectivity index (χ0n) is 12.4. The van der Waals surface area contributed by atoms with Crippen LogP contribution in [0.2, 0.25) is 0 Å². The molecule has 1 aromatic heterocycles. The first-order chi connectivity index (χ1) is 9.63. The minimum atomic E-state index is -0.546. The third kappa shape index (κ3) is 4.21. The average molecular weight is 295 g/mol. The molecule has 0 atom stereocenters.